The maximum atomic E-state index is 9.37. The first kappa shape index (κ1) is 11.9. The van der Waals surface area contributed by atoms with Crippen molar-refractivity contribution in [2.24, 2.45) is 5.92 Å². The van der Waals surface area contributed by atoms with Crippen LogP contribution < -0.4 is 5.73 Å². The molecule has 0 amide bonds. The fourth-order valence-electron chi connectivity index (χ4n) is 1.17. The van der Waals surface area contributed by atoms with Crippen LogP contribution in [0.15, 0.2) is 18.2 Å². The second-order valence-electron chi connectivity index (χ2n) is 3.92. The number of aromatic hydroxyl groups is 1. The standard InChI is InChI=1S/C12H19NO2/c1-3-9(2)7-15-8-10-4-5-11(13)12(14)6-10/h4-6,9,14H,3,7-8,13H2,1-2H3. The average Bonchev–Trinajstić information content (AvgIpc) is 2.23. The second-order valence-corrected chi connectivity index (χ2v) is 3.92. The third-order valence-corrected chi connectivity index (χ3v) is 2.46. The van der Waals surface area contributed by atoms with E-state index in [1.807, 2.05) is 6.07 Å². The summed E-state index contributed by atoms with van der Waals surface area (Å²) in [7, 11) is 0. The number of nitrogens with two attached hydrogens (primary N) is 1. The maximum absolute atomic E-state index is 9.37. The van der Waals surface area contributed by atoms with Crippen LogP contribution >= 0.6 is 0 Å². The second kappa shape index (κ2) is 5.61. The van der Waals surface area contributed by atoms with Crippen molar-refractivity contribution in [2.75, 3.05) is 12.3 Å². The number of hydrogen-bond donors (Lipinski definition) is 2. The van der Waals surface area contributed by atoms with Crippen molar-refractivity contribution in [3.05, 3.63) is 23.8 Å². The van der Waals surface area contributed by atoms with E-state index in [1.54, 1.807) is 12.1 Å². The summed E-state index contributed by atoms with van der Waals surface area (Å²) in [6, 6.07) is 5.20. The number of benzene rings is 1. The summed E-state index contributed by atoms with van der Waals surface area (Å²) in [5.41, 5.74) is 6.85. The van der Waals surface area contributed by atoms with Gasteiger partial charge in [0.2, 0.25) is 0 Å². The van der Waals surface area contributed by atoms with E-state index in [0.717, 1.165) is 18.6 Å². The number of phenolic OH excluding ortho intramolecular Hbond substituents is 1. The van der Waals surface area contributed by atoms with Gasteiger partial charge in [0.1, 0.15) is 5.75 Å². The highest BCUT2D eigenvalue weighted by Gasteiger charge is 2.01. The monoisotopic (exact) mass is 209 g/mol. The van der Waals surface area contributed by atoms with Gasteiger partial charge in [-0.25, -0.2) is 0 Å². The van der Waals surface area contributed by atoms with Crippen LogP contribution in [0.2, 0.25) is 0 Å². The lowest BCUT2D eigenvalue weighted by molar-refractivity contribution is 0.0909. The van der Waals surface area contributed by atoms with E-state index in [-0.39, 0.29) is 5.75 Å². The van der Waals surface area contributed by atoms with Crippen molar-refractivity contribution in [2.45, 2.75) is 26.9 Å². The molecule has 0 aromatic heterocycles. The minimum Gasteiger partial charge on any atom is -0.506 e. The zero-order chi connectivity index (χ0) is 11.3. The summed E-state index contributed by atoms with van der Waals surface area (Å²) < 4.78 is 5.52. The summed E-state index contributed by atoms with van der Waals surface area (Å²) in [5.74, 6) is 0.701. The van der Waals surface area contributed by atoms with Crippen molar-refractivity contribution < 1.29 is 9.84 Å². The highest BCUT2D eigenvalue weighted by Crippen LogP contribution is 2.21. The molecule has 1 rings (SSSR count). The minimum absolute atomic E-state index is 0.125. The first-order chi connectivity index (χ1) is 7.13. The highest BCUT2D eigenvalue weighted by molar-refractivity contribution is 5.52. The van der Waals surface area contributed by atoms with Gasteiger partial charge in [-0.3, -0.25) is 0 Å². The van der Waals surface area contributed by atoms with Gasteiger partial charge in [0.05, 0.1) is 12.3 Å². The Labute approximate surface area is 90.9 Å². The lowest BCUT2D eigenvalue weighted by Gasteiger charge is -2.09. The first-order valence-electron chi connectivity index (χ1n) is 5.28. The van der Waals surface area contributed by atoms with Gasteiger partial charge in [0.25, 0.3) is 0 Å². The van der Waals surface area contributed by atoms with Crippen molar-refractivity contribution in [3.8, 4) is 5.75 Å². The molecule has 84 valence electrons. The predicted molar refractivity (Wildman–Crippen MR) is 61.6 cm³/mol. The lowest BCUT2D eigenvalue weighted by atomic mass is 10.1. The largest absolute Gasteiger partial charge is 0.506 e. The van der Waals surface area contributed by atoms with Crippen LogP contribution in [-0.2, 0) is 11.3 Å². The fourth-order valence-corrected chi connectivity index (χ4v) is 1.17. The summed E-state index contributed by atoms with van der Waals surface area (Å²) in [4.78, 5) is 0. The van der Waals surface area contributed by atoms with Gasteiger partial charge in [0, 0.05) is 6.61 Å². The summed E-state index contributed by atoms with van der Waals surface area (Å²) in [6.07, 6.45) is 1.12. The third-order valence-electron chi connectivity index (χ3n) is 2.46. The third kappa shape index (κ3) is 3.80. The van der Waals surface area contributed by atoms with Gasteiger partial charge < -0.3 is 15.6 Å². The van der Waals surface area contributed by atoms with Gasteiger partial charge in [-0.05, 0) is 23.6 Å². The van der Waals surface area contributed by atoms with E-state index >= 15 is 0 Å². The highest BCUT2D eigenvalue weighted by atomic mass is 16.5. The van der Waals surface area contributed by atoms with Gasteiger partial charge in [-0.15, -0.1) is 0 Å². The molecule has 0 aliphatic rings. The lowest BCUT2D eigenvalue weighted by Crippen LogP contribution is -2.04. The van der Waals surface area contributed by atoms with Crippen LogP contribution in [0.25, 0.3) is 0 Å². The number of nitrogen functional groups attached to an aromatic ring is 1. The topological polar surface area (TPSA) is 55.5 Å². The Bertz CT molecular complexity index is 312. The molecular formula is C12H19NO2. The smallest absolute Gasteiger partial charge is 0.138 e. The molecule has 0 fully saturated rings. The van der Waals surface area contributed by atoms with Gasteiger partial charge >= 0.3 is 0 Å². The molecule has 0 bridgehead atoms. The van der Waals surface area contributed by atoms with Gasteiger partial charge in [-0.1, -0.05) is 26.3 Å². The fraction of sp³-hybridized carbons (Fsp3) is 0.500. The SMILES string of the molecule is CCC(C)COCc1ccc(N)c(O)c1. The van der Waals surface area contributed by atoms with E-state index in [0.29, 0.717) is 18.2 Å². The molecule has 1 aromatic carbocycles. The van der Waals surface area contributed by atoms with Crippen molar-refractivity contribution in [1.29, 1.82) is 0 Å². The Morgan fingerprint density at radius 1 is 1.47 bits per heavy atom. The van der Waals surface area contributed by atoms with Gasteiger partial charge in [0.15, 0.2) is 0 Å². The normalized spacial score (nSPS) is 12.7. The summed E-state index contributed by atoms with van der Waals surface area (Å²) in [6.45, 7) is 5.57. The quantitative estimate of drug-likeness (QED) is 0.578. The van der Waals surface area contributed by atoms with E-state index in [1.165, 1.54) is 0 Å². The molecule has 1 atom stereocenters. The number of ether oxygens (including phenoxy) is 1. The molecule has 0 aliphatic carbocycles. The van der Waals surface area contributed by atoms with Crippen LogP contribution in [0.3, 0.4) is 0 Å². The molecular weight excluding hydrogens is 190 g/mol. The number of anilines is 1. The molecule has 3 nitrogen and oxygen atoms in total. The minimum atomic E-state index is 0.125. The Morgan fingerprint density at radius 2 is 2.20 bits per heavy atom. The van der Waals surface area contributed by atoms with E-state index in [4.69, 9.17) is 10.5 Å². The molecule has 15 heavy (non-hydrogen) atoms. The summed E-state index contributed by atoms with van der Waals surface area (Å²) in [5, 5.41) is 9.37. The number of rotatable bonds is 5. The Morgan fingerprint density at radius 3 is 2.80 bits per heavy atom. The molecule has 3 N–H and O–H groups in total. The van der Waals surface area contributed by atoms with Crippen LogP contribution in [0.1, 0.15) is 25.8 Å². The number of phenols is 1. The molecule has 0 saturated carbocycles. The van der Waals surface area contributed by atoms with E-state index in [2.05, 4.69) is 13.8 Å². The van der Waals surface area contributed by atoms with Gasteiger partial charge in [-0.2, -0.15) is 0 Å². The Balaban J connectivity index is 2.41. The Kier molecular flexibility index (Phi) is 4.43. The molecule has 0 aliphatic heterocycles. The van der Waals surface area contributed by atoms with Crippen LogP contribution in [0, 0.1) is 5.92 Å². The maximum Gasteiger partial charge on any atom is 0.138 e. The molecule has 0 radical (unpaired) electrons. The average molecular weight is 209 g/mol. The zero-order valence-electron chi connectivity index (χ0n) is 9.36. The molecule has 0 saturated heterocycles. The summed E-state index contributed by atoms with van der Waals surface area (Å²) >= 11 is 0. The first-order valence-corrected chi connectivity index (χ1v) is 5.28. The zero-order valence-corrected chi connectivity index (χ0v) is 9.36. The Hall–Kier alpha value is -1.22. The van der Waals surface area contributed by atoms with Crippen LogP contribution in [-0.4, -0.2) is 11.7 Å². The molecule has 1 aromatic rings. The van der Waals surface area contributed by atoms with Crippen LogP contribution in [0.5, 0.6) is 5.75 Å². The molecule has 0 spiro atoms. The molecule has 1 unspecified atom stereocenters. The number of hydrogen-bond acceptors (Lipinski definition) is 3. The van der Waals surface area contributed by atoms with E-state index in [9.17, 15) is 5.11 Å². The van der Waals surface area contributed by atoms with Crippen LogP contribution in [0.4, 0.5) is 5.69 Å². The van der Waals surface area contributed by atoms with Crippen molar-refractivity contribution in [3.63, 3.8) is 0 Å². The van der Waals surface area contributed by atoms with Crippen molar-refractivity contribution in [1.82, 2.24) is 0 Å². The molecule has 0 heterocycles. The predicted octanol–water partition coefficient (Wildman–Crippen LogP) is 2.54. The molecule has 3 heteroatoms. The van der Waals surface area contributed by atoms with Crippen molar-refractivity contribution >= 4 is 5.69 Å². The van der Waals surface area contributed by atoms with E-state index < -0.39 is 0 Å².